The number of hydrogen-bond donors (Lipinski definition) is 1. The summed E-state index contributed by atoms with van der Waals surface area (Å²) in [4.78, 5) is 20.1. The number of benzene rings is 1. The Kier molecular flexibility index (Phi) is 6.14. The zero-order valence-corrected chi connectivity index (χ0v) is 15.4. The molecule has 1 N–H and O–H groups in total. The number of anilines is 1. The highest BCUT2D eigenvalue weighted by atomic mass is 19.4. The van der Waals surface area contributed by atoms with Crippen molar-refractivity contribution < 1.29 is 35.9 Å². The van der Waals surface area contributed by atoms with E-state index in [-0.39, 0.29) is 17.1 Å². The maximum Gasteiger partial charge on any atom is 0.404 e. The first-order valence-corrected chi connectivity index (χ1v) is 8.63. The molecule has 0 saturated carbocycles. The number of rotatable bonds is 5. The molecule has 2 aromatic heterocycles. The van der Waals surface area contributed by atoms with Crippen LogP contribution in [0.5, 0.6) is 11.6 Å². The van der Waals surface area contributed by atoms with Crippen molar-refractivity contribution in [1.82, 2.24) is 9.97 Å². The fourth-order valence-corrected chi connectivity index (χ4v) is 2.64. The number of amides is 1. The molecule has 11 heteroatoms. The number of ether oxygens (including phenoxy) is 1. The van der Waals surface area contributed by atoms with E-state index in [1.54, 1.807) is 18.3 Å². The minimum atomic E-state index is -5.51. The van der Waals surface area contributed by atoms with E-state index < -0.39 is 29.7 Å². The monoisotopic (exact) mass is 441 g/mol. The zero-order chi connectivity index (χ0) is 22.6. The van der Waals surface area contributed by atoms with Crippen LogP contribution in [0.4, 0.5) is 32.0 Å². The average Bonchev–Trinajstić information content (AvgIpc) is 2.68. The molecule has 0 aliphatic heterocycles. The predicted molar refractivity (Wildman–Crippen MR) is 97.8 cm³/mol. The number of nitrogens with zero attached hydrogens (tertiary/aromatic N) is 2. The number of nitrogens with one attached hydrogen (secondary N) is 1. The summed E-state index contributed by atoms with van der Waals surface area (Å²) >= 11 is 0. The van der Waals surface area contributed by atoms with Crippen LogP contribution in [0.2, 0.25) is 0 Å². The number of carbonyl (C=O) groups excluding carboxylic acids is 1. The van der Waals surface area contributed by atoms with Gasteiger partial charge in [0.2, 0.25) is 5.88 Å². The van der Waals surface area contributed by atoms with Gasteiger partial charge >= 0.3 is 12.4 Å². The van der Waals surface area contributed by atoms with Gasteiger partial charge in [-0.05, 0) is 35.9 Å². The number of carbonyl (C=O) groups is 1. The van der Waals surface area contributed by atoms with Crippen molar-refractivity contribution in [2.75, 3.05) is 5.32 Å². The lowest BCUT2D eigenvalue weighted by Crippen LogP contribution is -2.34. The van der Waals surface area contributed by atoms with E-state index in [0.717, 1.165) is 12.1 Å². The SMILES string of the molecule is O=C(Nc1ccc(Oc2cccnc2)nc1)c1ccc(C(C(F)(F)F)C(F)(F)F)cc1. The van der Waals surface area contributed by atoms with Crippen molar-refractivity contribution >= 4 is 11.6 Å². The molecule has 0 bridgehead atoms. The molecule has 0 aliphatic rings. The van der Waals surface area contributed by atoms with Crippen molar-refractivity contribution in [3.63, 3.8) is 0 Å². The molecule has 0 fully saturated rings. The second-order valence-electron chi connectivity index (χ2n) is 6.27. The third-order valence-corrected chi connectivity index (χ3v) is 4.01. The van der Waals surface area contributed by atoms with Gasteiger partial charge in [0.05, 0.1) is 18.1 Å². The number of hydrogen-bond acceptors (Lipinski definition) is 4. The van der Waals surface area contributed by atoms with Crippen molar-refractivity contribution in [3.8, 4) is 11.6 Å². The fourth-order valence-electron chi connectivity index (χ4n) is 2.64. The first-order chi connectivity index (χ1) is 14.5. The lowest BCUT2D eigenvalue weighted by Gasteiger charge is -2.23. The predicted octanol–water partition coefficient (Wildman–Crippen LogP) is 5.73. The van der Waals surface area contributed by atoms with Crippen LogP contribution in [0.1, 0.15) is 21.8 Å². The van der Waals surface area contributed by atoms with Gasteiger partial charge in [-0.3, -0.25) is 9.78 Å². The largest absolute Gasteiger partial charge is 0.437 e. The smallest absolute Gasteiger partial charge is 0.404 e. The standard InChI is InChI=1S/C20H13F6N3O2/c21-19(22,23)17(20(24,25)26)12-3-5-13(6-4-12)18(30)29-14-7-8-16(28-10-14)31-15-2-1-9-27-11-15/h1-11,17H,(H,29,30). The van der Waals surface area contributed by atoms with Gasteiger partial charge in [0.15, 0.2) is 5.92 Å². The van der Waals surface area contributed by atoms with E-state index in [1.165, 1.54) is 24.5 Å². The lowest BCUT2D eigenvalue weighted by molar-refractivity contribution is -0.253. The second-order valence-corrected chi connectivity index (χ2v) is 6.27. The van der Waals surface area contributed by atoms with Crippen LogP contribution >= 0.6 is 0 Å². The van der Waals surface area contributed by atoms with E-state index >= 15 is 0 Å². The van der Waals surface area contributed by atoms with Gasteiger partial charge in [0.25, 0.3) is 5.91 Å². The Labute approximate surface area is 171 Å². The summed E-state index contributed by atoms with van der Waals surface area (Å²) in [5.74, 6) is -3.69. The van der Waals surface area contributed by atoms with Gasteiger partial charge < -0.3 is 10.1 Å². The highest BCUT2D eigenvalue weighted by Crippen LogP contribution is 2.46. The lowest BCUT2D eigenvalue weighted by atomic mass is 9.96. The van der Waals surface area contributed by atoms with Crippen LogP contribution in [0, 0.1) is 0 Å². The Bertz CT molecular complexity index is 1010. The Morgan fingerprint density at radius 1 is 0.903 bits per heavy atom. The minimum absolute atomic E-state index is 0.123. The van der Waals surface area contributed by atoms with Crippen molar-refractivity contribution in [1.29, 1.82) is 0 Å². The number of aromatic nitrogens is 2. The van der Waals surface area contributed by atoms with Crippen LogP contribution in [-0.2, 0) is 0 Å². The number of halogens is 6. The molecule has 31 heavy (non-hydrogen) atoms. The summed E-state index contributed by atoms with van der Waals surface area (Å²) in [6, 6.07) is 9.30. The summed E-state index contributed by atoms with van der Waals surface area (Å²) in [7, 11) is 0. The van der Waals surface area contributed by atoms with Crippen molar-refractivity contribution in [2.24, 2.45) is 0 Å². The number of pyridine rings is 2. The van der Waals surface area contributed by atoms with Gasteiger partial charge in [-0.1, -0.05) is 12.1 Å². The highest BCUT2D eigenvalue weighted by Gasteiger charge is 2.57. The number of alkyl halides is 6. The van der Waals surface area contributed by atoms with E-state index in [2.05, 4.69) is 15.3 Å². The summed E-state index contributed by atoms with van der Waals surface area (Å²) in [6.45, 7) is 0. The van der Waals surface area contributed by atoms with Gasteiger partial charge in [-0.15, -0.1) is 0 Å². The molecular weight excluding hydrogens is 428 g/mol. The van der Waals surface area contributed by atoms with Gasteiger partial charge in [0, 0.05) is 17.8 Å². The summed E-state index contributed by atoms with van der Waals surface area (Å²) in [5, 5.41) is 2.44. The highest BCUT2D eigenvalue weighted by molar-refractivity contribution is 6.04. The van der Waals surface area contributed by atoms with Crippen LogP contribution in [-0.4, -0.2) is 28.2 Å². The van der Waals surface area contributed by atoms with Crippen LogP contribution in [0.15, 0.2) is 67.1 Å². The second kappa shape index (κ2) is 8.62. The van der Waals surface area contributed by atoms with E-state index in [1.807, 2.05) is 0 Å². The van der Waals surface area contributed by atoms with Gasteiger partial charge in [0.1, 0.15) is 5.75 Å². The third-order valence-electron chi connectivity index (χ3n) is 4.01. The molecule has 5 nitrogen and oxygen atoms in total. The Morgan fingerprint density at radius 3 is 2.10 bits per heavy atom. The molecule has 0 spiro atoms. The van der Waals surface area contributed by atoms with E-state index in [0.29, 0.717) is 17.9 Å². The summed E-state index contributed by atoms with van der Waals surface area (Å²) in [5.41, 5.74) is -0.881. The molecule has 1 aromatic carbocycles. The van der Waals surface area contributed by atoms with Crippen LogP contribution in [0.3, 0.4) is 0 Å². The fraction of sp³-hybridized carbons (Fsp3) is 0.150. The molecule has 162 valence electrons. The van der Waals surface area contributed by atoms with Crippen LogP contribution in [0.25, 0.3) is 0 Å². The first-order valence-electron chi connectivity index (χ1n) is 8.63. The Morgan fingerprint density at radius 2 is 1.58 bits per heavy atom. The molecule has 3 aromatic rings. The molecule has 2 heterocycles. The third kappa shape index (κ3) is 5.71. The van der Waals surface area contributed by atoms with Gasteiger partial charge in [-0.2, -0.15) is 26.3 Å². The minimum Gasteiger partial charge on any atom is -0.437 e. The van der Waals surface area contributed by atoms with E-state index in [9.17, 15) is 31.1 Å². The van der Waals surface area contributed by atoms with Crippen molar-refractivity contribution in [2.45, 2.75) is 18.3 Å². The molecule has 0 unspecified atom stereocenters. The molecule has 0 radical (unpaired) electrons. The van der Waals surface area contributed by atoms with Crippen LogP contribution < -0.4 is 10.1 Å². The zero-order valence-electron chi connectivity index (χ0n) is 15.4. The quantitative estimate of drug-likeness (QED) is 0.514. The first kappa shape index (κ1) is 22.1. The van der Waals surface area contributed by atoms with Crippen molar-refractivity contribution in [3.05, 3.63) is 78.2 Å². The molecule has 0 atom stereocenters. The average molecular weight is 441 g/mol. The summed E-state index contributed by atoms with van der Waals surface area (Å²) < 4.78 is 82.2. The molecule has 3 rings (SSSR count). The van der Waals surface area contributed by atoms with E-state index in [4.69, 9.17) is 4.74 Å². The molecule has 0 aliphatic carbocycles. The Balaban J connectivity index is 1.68. The maximum atomic E-state index is 12.8. The Hall–Kier alpha value is -3.63. The topological polar surface area (TPSA) is 64.1 Å². The maximum absolute atomic E-state index is 12.8. The van der Waals surface area contributed by atoms with Gasteiger partial charge in [-0.25, -0.2) is 4.98 Å². The molecule has 0 saturated heterocycles. The molecule has 1 amide bonds. The summed E-state index contributed by atoms with van der Waals surface area (Å²) in [6.07, 6.45) is -6.69. The normalized spacial score (nSPS) is 12.0. The molecular formula is C20H13F6N3O2.